The van der Waals surface area contributed by atoms with Gasteiger partial charge >= 0.3 is 7.48 Å². The van der Waals surface area contributed by atoms with Crippen molar-refractivity contribution < 1.29 is 14.2 Å². The van der Waals surface area contributed by atoms with E-state index in [1.807, 2.05) is 44.2 Å². The van der Waals surface area contributed by atoms with Crippen LogP contribution in [0.4, 0.5) is 0 Å². The Balaban J connectivity index is 1.81. The van der Waals surface area contributed by atoms with Gasteiger partial charge < -0.3 is 14.2 Å². The van der Waals surface area contributed by atoms with E-state index in [0.717, 1.165) is 27.1 Å². The van der Waals surface area contributed by atoms with Gasteiger partial charge in [0, 0.05) is 10.8 Å². The summed E-state index contributed by atoms with van der Waals surface area (Å²) in [6, 6.07) is 16.2. The van der Waals surface area contributed by atoms with E-state index >= 15 is 0 Å². The van der Waals surface area contributed by atoms with Crippen molar-refractivity contribution in [3.8, 4) is 0 Å². The summed E-state index contributed by atoms with van der Waals surface area (Å²) in [5.74, 6) is 0. The minimum atomic E-state index is -1.00. The standard InChI is InChI=1S/C22H21BClO3/c1-21(2,25)22(3,4)27-23-16-11-10-15-18-14-8-6-5-7-13(14)9-12-17(18)26-20(15)19(16)24/h5-12,25H,1-4H3. The van der Waals surface area contributed by atoms with E-state index in [2.05, 4.69) is 18.2 Å². The number of fused-ring (bicyclic) bond motifs is 5. The smallest absolute Gasteiger partial charge is 0.332 e. The van der Waals surface area contributed by atoms with Gasteiger partial charge in [0.25, 0.3) is 0 Å². The van der Waals surface area contributed by atoms with Gasteiger partial charge in [0.15, 0.2) is 5.58 Å². The van der Waals surface area contributed by atoms with E-state index < -0.39 is 11.2 Å². The van der Waals surface area contributed by atoms with E-state index in [1.54, 1.807) is 21.3 Å². The lowest BCUT2D eigenvalue weighted by atomic mass is 9.82. The number of hydrogen-bond acceptors (Lipinski definition) is 3. The molecule has 4 aromatic rings. The molecule has 1 N–H and O–H groups in total. The summed E-state index contributed by atoms with van der Waals surface area (Å²) in [6.07, 6.45) is 0. The molecule has 3 nitrogen and oxygen atoms in total. The Morgan fingerprint density at radius 2 is 1.70 bits per heavy atom. The Bertz CT molecular complexity index is 1160. The maximum Gasteiger partial charge on any atom is 0.332 e. The molecule has 0 saturated heterocycles. The van der Waals surface area contributed by atoms with Crippen LogP contribution in [0.5, 0.6) is 0 Å². The fourth-order valence-electron chi connectivity index (χ4n) is 3.04. The maximum atomic E-state index is 10.3. The summed E-state index contributed by atoms with van der Waals surface area (Å²) in [7, 11) is 1.59. The number of halogens is 1. The largest absolute Gasteiger partial charge is 0.454 e. The molecule has 0 saturated carbocycles. The summed E-state index contributed by atoms with van der Waals surface area (Å²) in [6.45, 7) is 7.11. The minimum Gasteiger partial charge on any atom is -0.454 e. The van der Waals surface area contributed by atoms with E-state index in [0.29, 0.717) is 16.1 Å². The predicted octanol–water partition coefficient (Wildman–Crippen LogP) is 5.20. The Morgan fingerprint density at radius 1 is 0.963 bits per heavy atom. The van der Waals surface area contributed by atoms with Gasteiger partial charge in [0.1, 0.15) is 5.58 Å². The van der Waals surface area contributed by atoms with Gasteiger partial charge in [-0.3, -0.25) is 0 Å². The van der Waals surface area contributed by atoms with Crippen molar-refractivity contribution in [2.24, 2.45) is 0 Å². The van der Waals surface area contributed by atoms with E-state index in [9.17, 15) is 5.11 Å². The Morgan fingerprint density at radius 3 is 2.44 bits per heavy atom. The van der Waals surface area contributed by atoms with Crippen LogP contribution in [-0.4, -0.2) is 23.8 Å². The summed E-state index contributed by atoms with van der Waals surface area (Å²) >= 11 is 6.64. The van der Waals surface area contributed by atoms with Gasteiger partial charge in [-0.2, -0.15) is 0 Å². The number of furan rings is 1. The van der Waals surface area contributed by atoms with Crippen molar-refractivity contribution in [2.75, 3.05) is 0 Å². The molecule has 1 heterocycles. The molecule has 137 valence electrons. The quantitative estimate of drug-likeness (QED) is 0.495. The SMILES string of the molecule is CC(C)(O)C(C)(C)O[B]c1ccc2c(oc3ccc4ccccc4c32)c1Cl. The van der Waals surface area contributed by atoms with Crippen molar-refractivity contribution in [3.63, 3.8) is 0 Å². The second kappa shape index (κ2) is 6.27. The van der Waals surface area contributed by atoms with Crippen molar-refractivity contribution >= 4 is 57.3 Å². The van der Waals surface area contributed by atoms with Crippen LogP contribution in [0.2, 0.25) is 5.02 Å². The highest BCUT2D eigenvalue weighted by atomic mass is 35.5. The average Bonchev–Trinajstić information content (AvgIpc) is 3.00. The molecule has 0 aliphatic heterocycles. The van der Waals surface area contributed by atoms with Gasteiger partial charge in [-0.1, -0.05) is 54.1 Å². The summed E-state index contributed by atoms with van der Waals surface area (Å²) < 4.78 is 11.9. The summed E-state index contributed by atoms with van der Waals surface area (Å²) in [5, 5.41) is 15.1. The maximum absolute atomic E-state index is 10.3. The molecule has 1 radical (unpaired) electrons. The van der Waals surface area contributed by atoms with Gasteiger partial charge in [-0.15, -0.1) is 0 Å². The van der Waals surface area contributed by atoms with Crippen LogP contribution < -0.4 is 5.46 Å². The molecule has 0 bridgehead atoms. The molecule has 0 aliphatic rings. The number of aliphatic hydroxyl groups is 1. The molecule has 0 fully saturated rings. The first kappa shape index (κ1) is 18.4. The highest BCUT2D eigenvalue weighted by molar-refractivity contribution is 6.55. The number of rotatable bonds is 4. The van der Waals surface area contributed by atoms with Gasteiger partial charge in [-0.05, 0) is 50.0 Å². The molecular formula is C22H21BClO3. The van der Waals surface area contributed by atoms with Crippen LogP contribution in [-0.2, 0) is 4.65 Å². The highest BCUT2D eigenvalue weighted by Gasteiger charge is 2.36. The zero-order valence-corrected chi connectivity index (χ0v) is 16.6. The van der Waals surface area contributed by atoms with Crippen LogP contribution in [0, 0.1) is 0 Å². The molecule has 3 aromatic carbocycles. The molecule has 1 aromatic heterocycles. The first-order valence-electron chi connectivity index (χ1n) is 8.95. The second-order valence-electron chi connectivity index (χ2n) is 7.91. The molecule has 4 rings (SSSR count). The van der Waals surface area contributed by atoms with Crippen molar-refractivity contribution in [1.29, 1.82) is 0 Å². The third kappa shape index (κ3) is 3.02. The lowest BCUT2D eigenvalue weighted by Gasteiger charge is -2.37. The third-order valence-electron chi connectivity index (χ3n) is 5.45. The zero-order chi connectivity index (χ0) is 19.4. The van der Waals surface area contributed by atoms with Crippen LogP contribution in [0.3, 0.4) is 0 Å². The first-order valence-corrected chi connectivity index (χ1v) is 9.33. The summed E-state index contributed by atoms with van der Waals surface area (Å²) in [5.41, 5.74) is 0.389. The van der Waals surface area contributed by atoms with Crippen LogP contribution >= 0.6 is 11.6 Å². The molecule has 0 spiro atoms. The van der Waals surface area contributed by atoms with Gasteiger partial charge in [0.2, 0.25) is 0 Å². The highest BCUT2D eigenvalue weighted by Crippen LogP contribution is 2.37. The van der Waals surface area contributed by atoms with Gasteiger partial charge in [0.05, 0.1) is 16.2 Å². The second-order valence-corrected chi connectivity index (χ2v) is 8.29. The van der Waals surface area contributed by atoms with Crippen molar-refractivity contribution in [1.82, 2.24) is 0 Å². The topological polar surface area (TPSA) is 42.6 Å². The van der Waals surface area contributed by atoms with Crippen LogP contribution in [0.1, 0.15) is 27.7 Å². The fourth-order valence-corrected chi connectivity index (χ4v) is 3.29. The minimum absolute atomic E-state index is 0.499. The average molecular weight is 380 g/mol. The van der Waals surface area contributed by atoms with E-state index in [4.69, 9.17) is 20.7 Å². The Hall–Kier alpha value is -2.01. The Kier molecular flexibility index (Phi) is 4.26. The normalized spacial score (nSPS) is 13.0. The predicted molar refractivity (Wildman–Crippen MR) is 113 cm³/mol. The number of hydrogen-bond donors (Lipinski definition) is 1. The third-order valence-corrected chi connectivity index (χ3v) is 5.84. The van der Waals surface area contributed by atoms with Crippen LogP contribution in [0.25, 0.3) is 32.7 Å². The lowest BCUT2D eigenvalue weighted by molar-refractivity contribution is -0.0893. The molecule has 0 atom stereocenters. The Labute approximate surface area is 164 Å². The fraction of sp³-hybridized carbons (Fsp3) is 0.273. The van der Waals surface area contributed by atoms with Crippen molar-refractivity contribution in [2.45, 2.75) is 38.9 Å². The first-order chi connectivity index (χ1) is 12.7. The van der Waals surface area contributed by atoms with E-state index in [-0.39, 0.29) is 0 Å². The molecular weight excluding hydrogens is 359 g/mol. The molecule has 0 aliphatic carbocycles. The van der Waals surface area contributed by atoms with E-state index in [1.165, 1.54) is 0 Å². The summed E-state index contributed by atoms with van der Waals surface area (Å²) in [4.78, 5) is 0. The lowest BCUT2D eigenvalue weighted by Crippen LogP contribution is -2.49. The zero-order valence-electron chi connectivity index (χ0n) is 15.8. The number of benzene rings is 3. The van der Waals surface area contributed by atoms with Crippen LogP contribution in [0.15, 0.2) is 52.9 Å². The molecule has 27 heavy (non-hydrogen) atoms. The monoisotopic (exact) mass is 379 g/mol. The van der Waals surface area contributed by atoms with Gasteiger partial charge in [-0.25, -0.2) is 0 Å². The van der Waals surface area contributed by atoms with Crippen molar-refractivity contribution in [3.05, 3.63) is 53.6 Å². The molecule has 0 unspecified atom stereocenters. The molecule has 0 amide bonds. The molecule has 5 heteroatoms.